The monoisotopic (exact) mass is 279 g/mol. The lowest BCUT2D eigenvalue weighted by Gasteiger charge is -2.20. The molecule has 21 heavy (non-hydrogen) atoms. The Hall–Kier alpha value is -2.48. The number of fused-ring (bicyclic) bond motifs is 1. The summed E-state index contributed by atoms with van der Waals surface area (Å²) in [6, 6.07) is 7.94. The van der Waals surface area contributed by atoms with E-state index in [1.807, 2.05) is 25.2 Å². The van der Waals surface area contributed by atoms with Crippen molar-refractivity contribution >= 4 is 5.82 Å². The smallest absolute Gasteiger partial charge is 0.180 e. The van der Waals surface area contributed by atoms with Crippen LogP contribution in [0, 0.1) is 11.3 Å². The molecule has 5 nitrogen and oxygen atoms in total. The van der Waals surface area contributed by atoms with E-state index >= 15 is 0 Å². The predicted octanol–water partition coefficient (Wildman–Crippen LogP) is 2.38. The summed E-state index contributed by atoms with van der Waals surface area (Å²) >= 11 is 0. The van der Waals surface area contributed by atoms with Crippen LogP contribution in [-0.4, -0.2) is 28.5 Å². The first-order valence-electron chi connectivity index (χ1n) is 7.19. The third-order valence-corrected chi connectivity index (χ3v) is 3.73. The molecule has 0 fully saturated rings. The SMILES string of the molecule is CN(CCC#N)c1nc(-c2ccccn2)nc2c1CCC2. The standard InChI is InChI=1S/C16H17N5/c1-21(11-5-9-17)16-12-6-4-8-13(12)19-15(20-16)14-7-2-3-10-18-14/h2-3,7,10H,4-6,8,11H2,1H3. The van der Waals surface area contributed by atoms with Gasteiger partial charge in [0.05, 0.1) is 12.5 Å². The lowest BCUT2D eigenvalue weighted by Crippen LogP contribution is -2.22. The molecule has 0 saturated carbocycles. The van der Waals surface area contributed by atoms with Crippen LogP contribution in [-0.2, 0) is 12.8 Å². The van der Waals surface area contributed by atoms with Gasteiger partial charge in [-0.05, 0) is 31.4 Å². The van der Waals surface area contributed by atoms with Gasteiger partial charge in [0.15, 0.2) is 5.82 Å². The van der Waals surface area contributed by atoms with Gasteiger partial charge < -0.3 is 4.90 Å². The van der Waals surface area contributed by atoms with Crippen molar-refractivity contribution in [2.24, 2.45) is 0 Å². The van der Waals surface area contributed by atoms with Gasteiger partial charge in [0.2, 0.25) is 0 Å². The zero-order valence-electron chi connectivity index (χ0n) is 12.1. The maximum atomic E-state index is 8.77. The molecule has 0 amide bonds. The van der Waals surface area contributed by atoms with Crippen molar-refractivity contribution in [1.82, 2.24) is 15.0 Å². The fraction of sp³-hybridized carbons (Fsp3) is 0.375. The Labute approximate surface area is 124 Å². The first-order chi connectivity index (χ1) is 10.3. The van der Waals surface area contributed by atoms with Gasteiger partial charge in [-0.2, -0.15) is 5.26 Å². The minimum absolute atomic E-state index is 0.494. The molecule has 0 saturated heterocycles. The molecule has 0 unspecified atom stereocenters. The highest BCUT2D eigenvalue weighted by atomic mass is 15.2. The lowest BCUT2D eigenvalue weighted by atomic mass is 10.2. The van der Waals surface area contributed by atoms with E-state index in [4.69, 9.17) is 10.2 Å². The Morgan fingerprint density at radius 2 is 2.19 bits per heavy atom. The van der Waals surface area contributed by atoms with E-state index in [1.54, 1.807) is 6.20 Å². The molecule has 3 rings (SSSR count). The van der Waals surface area contributed by atoms with Crippen LogP contribution in [0.25, 0.3) is 11.5 Å². The third-order valence-electron chi connectivity index (χ3n) is 3.73. The zero-order valence-corrected chi connectivity index (χ0v) is 12.1. The van der Waals surface area contributed by atoms with Crippen molar-refractivity contribution in [3.05, 3.63) is 35.7 Å². The molecule has 0 N–H and O–H groups in total. The van der Waals surface area contributed by atoms with Gasteiger partial charge in [-0.3, -0.25) is 4.98 Å². The first-order valence-corrected chi connectivity index (χ1v) is 7.19. The van der Waals surface area contributed by atoms with Crippen molar-refractivity contribution < 1.29 is 0 Å². The number of pyridine rings is 1. The van der Waals surface area contributed by atoms with E-state index in [-0.39, 0.29) is 0 Å². The molecular weight excluding hydrogens is 262 g/mol. The Morgan fingerprint density at radius 1 is 1.29 bits per heavy atom. The Bertz CT molecular complexity index is 675. The number of nitrogens with zero attached hydrogens (tertiary/aromatic N) is 5. The van der Waals surface area contributed by atoms with Crippen LogP contribution in [0.3, 0.4) is 0 Å². The van der Waals surface area contributed by atoms with Crippen molar-refractivity contribution in [3.8, 4) is 17.6 Å². The predicted molar refractivity (Wildman–Crippen MR) is 80.8 cm³/mol. The van der Waals surface area contributed by atoms with Gasteiger partial charge >= 0.3 is 0 Å². The summed E-state index contributed by atoms with van der Waals surface area (Å²) in [4.78, 5) is 15.8. The van der Waals surface area contributed by atoms with E-state index < -0.39 is 0 Å². The number of aryl methyl sites for hydroxylation is 1. The van der Waals surface area contributed by atoms with Gasteiger partial charge in [-0.25, -0.2) is 9.97 Å². The van der Waals surface area contributed by atoms with Crippen molar-refractivity contribution in [3.63, 3.8) is 0 Å². The van der Waals surface area contributed by atoms with Crippen LogP contribution in [0.1, 0.15) is 24.1 Å². The summed E-state index contributed by atoms with van der Waals surface area (Å²) in [5.74, 6) is 1.63. The summed E-state index contributed by atoms with van der Waals surface area (Å²) in [7, 11) is 1.99. The van der Waals surface area contributed by atoms with Gasteiger partial charge in [0, 0.05) is 31.0 Å². The molecule has 2 aromatic heterocycles. The summed E-state index contributed by atoms with van der Waals surface area (Å²) in [6.45, 7) is 0.682. The average Bonchev–Trinajstić information content (AvgIpc) is 3.01. The number of hydrogen-bond donors (Lipinski definition) is 0. The van der Waals surface area contributed by atoms with Crippen LogP contribution in [0.15, 0.2) is 24.4 Å². The Morgan fingerprint density at radius 3 is 2.95 bits per heavy atom. The van der Waals surface area contributed by atoms with Gasteiger partial charge in [0.1, 0.15) is 11.5 Å². The Balaban J connectivity index is 2.03. The van der Waals surface area contributed by atoms with Crippen LogP contribution in [0.4, 0.5) is 5.82 Å². The summed E-state index contributed by atoms with van der Waals surface area (Å²) in [6.07, 6.45) is 5.38. The molecule has 0 radical (unpaired) electrons. The number of anilines is 1. The molecule has 0 spiro atoms. The Kier molecular flexibility index (Phi) is 3.78. The topological polar surface area (TPSA) is 65.7 Å². The summed E-state index contributed by atoms with van der Waals surface area (Å²) < 4.78 is 0. The highest BCUT2D eigenvalue weighted by molar-refractivity contribution is 5.58. The molecule has 1 aliphatic carbocycles. The van der Waals surface area contributed by atoms with Crippen LogP contribution in [0.2, 0.25) is 0 Å². The summed E-state index contributed by atoms with van der Waals surface area (Å²) in [5.41, 5.74) is 3.15. The highest BCUT2D eigenvalue weighted by Gasteiger charge is 2.22. The molecule has 5 heteroatoms. The molecule has 1 aliphatic rings. The quantitative estimate of drug-likeness (QED) is 0.859. The number of aromatic nitrogens is 3. The van der Waals surface area contributed by atoms with Crippen molar-refractivity contribution in [2.75, 3.05) is 18.5 Å². The van der Waals surface area contributed by atoms with Gasteiger partial charge in [0.25, 0.3) is 0 Å². The van der Waals surface area contributed by atoms with Crippen LogP contribution in [0.5, 0.6) is 0 Å². The number of rotatable bonds is 4. The van der Waals surface area contributed by atoms with E-state index in [1.165, 1.54) is 5.56 Å². The first kappa shape index (κ1) is 13.5. The lowest BCUT2D eigenvalue weighted by molar-refractivity contribution is 0.863. The largest absolute Gasteiger partial charge is 0.358 e. The maximum Gasteiger partial charge on any atom is 0.180 e. The van der Waals surface area contributed by atoms with Gasteiger partial charge in [-0.15, -0.1) is 0 Å². The molecular formula is C16H17N5. The number of hydrogen-bond acceptors (Lipinski definition) is 5. The highest BCUT2D eigenvalue weighted by Crippen LogP contribution is 2.30. The molecule has 0 aromatic carbocycles. The second kappa shape index (κ2) is 5.88. The van der Waals surface area contributed by atoms with Crippen molar-refractivity contribution in [2.45, 2.75) is 25.7 Å². The fourth-order valence-corrected chi connectivity index (χ4v) is 2.66. The maximum absolute atomic E-state index is 8.77. The molecule has 2 aromatic rings. The molecule has 2 heterocycles. The van der Waals surface area contributed by atoms with Crippen LogP contribution >= 0.6 is 0 Å². The van der Waals surface area contributed by atoms with Crippen molar-refractivity contribution in [1.29, 1.82) is 5.26 Å². The second-order valence-electron chi connectivity index (χ2n) is 5.19. The molecule has 0 bridgehead atoms. The minimum Gasteiger partial charge on any atom is -0.358 e. The van der Waals surface area contributed by atoms with E-state index in [9.17, 15) is 0 Å². The van der Waals surface area contributed by atoms with E-state index in [2.05, 4.69) is 20.9 Å². The van der Waals surface area contributed by atoms with E-state index in [0.717, 1.165) is 36.5 Å². The average molecular weight is 279 g/mol. The summed E-state index contributed by atoms with van der Waals surface area (Å²) in [5, 5.41) is 8.77. The minimum atomic E-state index is 0.494. The molecule has 0 atom stereocenters. The van der Waals surface area contributed by atoms with Crippen LogP contribution < -0.4 is 4.90 Å². The second-order valence-corrected chi connectivity index (χ2v) is 5.19. The zero-order chi connectivity index (χ0) is 14.7. The molecule has 106 valence electrons. The number of nitriles is 1. The van der Waals surface area contributed by atoms with E-state index in [0.29, 0.717) is 18.8 Å². The van der Waals surface area contributed by atoms with Gasteiger partial charge in [-0.1, -0.05) is 6.07 Å². The normalized spacial score (nSPS) is 12.8. The fourth-order valence-electron chi connectivity index (χ4n) is 2.66. The third kappa shape index (κ3) is 2.70. The molecule has 0 aliphatic heterocycles.